The van der Waals surface area contributed by atoms with Crippen LogP contribution >= 0.6 is 22.9 Å². The standard InChI is InChI=1S/C20H18ClN5O4S/c1-10-6-11(12-7-15(21)23-9-14(12)29-2)13(8-22-10)16(27)24-19-26-25-17(31-19)20(4-5-20)18(28)30-3/h6-9H,4-5H2,1-3H3,(H,24,26,27). The number of aryl methyl sites for hydroxylation is 1. The molecule has 4 rings (SSSR count). The average molecular weight is 460 g/mol. The van der Waals surface area contributed by atoms with Crippen molar-refractivity contribution in [3.8, 4) is 16.9 Å². The van der Waals surface area contributed by atoms with Crippen LogP contribution < -0.4 is 10.1 Å². The molecule has 0 unspecified atom stereocenters. The number of methoxy groups -OCH3 is 2. The quantitative estimate of drug-likeness (QED) is 0.440. The van der Waals surface area contributed by atoms with Crippen LogP contribution in [-0.2, 0) is 14.9 Å². The fraction of sp³-hybridized carbons (Fsp3) is 0.300. The first-order chi connectivity index (χ1) is 14.9. The molecule has 0 aliphatic heterocycles. The molecule has 160 valence electrons. The van der Waals surface area contributed by atoms with Gasteiger partial charge in [-0.25, -0.2) is 4.98 Å². The Morgan fingerprint density at radius 2 is 1.90 bits per heavy atom. The minimum atomic E-state index is -0.743. The number of carbonyl (C=O) groups excluding carboxylic acids is 2. The van der Waals surface area contributed by atoms with Gasteiger partial charge in [0, 0.05) is 23.0 Å². The van der Waals surface area contributed by atoms with Crippen LogP contribution in [0, 0.1) is 6.92 Å². The Morgan fingerprint density at radius 1 is 1.13 bits per heavy atom. The van der Waals surface area contributed by atoms with E-state index in [1.807, 2.05) is 6.92 Å². The van der Waals surface area contributed by atoms with Gasteiger partial charge < -0.3 is 9.47 Å². The van der Waals surface area contributed by atoms with Crippen molar-refractivity contribution in [2.45, 2.75) is 25.2 Å². The molecule has 1 saturated carbocycles. The molecule has 0 atom stereocenters. The predicted molar refractivity (Wildman–Crippen MR) is 115 cm³/mol. The second-order valence-corrected chi connectivity index (χ2v) is 8.38. The van der Waals surface area contributed by atoms with Crippen molar-refractivity contribution in [1.82, 2.24) is 20.2 Å². The minimum Gasteiger partial charge on any atom is -0.494 e. The maximum atomic E-state index is 13.1. The van der Waals surface area contributed by atoms with E-state index in [9.17, 15) is 9.59 Å². The molecule has 0 saturated heterocycles. The molecule has 1 N–H and O–H groups in total. The third-order valence-corrected chi connectivity index (χ3v) is 6.26. The zero-order valence-corrected chi connectivity index (χ0v) is 18.5. The van der Waals surface area contributed by atoms with Gasteiger partial charge in [0.1, 0.15) is 21.3 Å². The van der Waals surface area contributed by atoms with E-state index in [4.69, 9.17) is 21.1 Å². The smallest absolute Gasteiger partial charge is 0.318 e. The van der Waals surface area contributed by atoms with Crippen LogP contribution in [0.5, 0.6) is 5.75 Å². The molecule has 31 heavy (non-hydrogen) atoms. The molecule has 0 bridgehead atoms. The number of ether oxygens (including phenoxy) is 2. The minimum absolute atomic E-state index is 0.267. The largest absolute Gasteiger partial charge is 0.494 e. The summed E-state index contributed by atoms with van der Waals surface area (Å²) in [6.07, 6.45) is 4.27. The zero-order chi connectivity index (χ0) is 22.2. The summed E-state index contributed by atoms with van der Waals surface area (Å²) in [5, 5.41) is 11.9. The summed E-state index contributed by atoms with van der Waals surface area (Å²) in [7, 11) is 2.86. The molecule has 0 spiro atoms. The summed E-state index contributed by atoms with van der Waals surface area (Å²) in [4.78, 5) is 33.4. The summed E-state index contributed by atoms with van der Waals surface area (Å²) in [5.41, 5.74) is 1.47. The molecule has 3 aromatic heterocycles. The summed E-state index contributed by atoms with van der Waals surface area (Å²) >= 11 is 7.23. The van der Waals surface area contributed by atoms with Crippen molar-refractivity contribution < 1.29 is 19.1 Å². The van der Waals surface area contributed by atoms with E-state index in [1.165, 1.54) is 26.6 Å². The zero-order valence-electron chi connectivity index (χ0n) is 16.9. The number of nitrogens with one attached hydrogen (secondary N) is 1. The van der Waals surface area contributed by atoms with Gasteiger partial charge in [0.05, 0.1) is 26.0 Å². The van der Waals surface area contributed by atoms with Crippen LogP contribution in [0.1, 0.15) is 33.9 Å². The topological polar surface area (TPSA) is 116 Å². The highest BCUT2D eigenvalue weighted by molar-refractivity contribution is 7.15. The molecule has 0 radical (unpaired) electrons. The van der Waals surface area contributed by atoms with Crippen molar-refractivity contribution in [3.05, 3.63) is 45.9 Å². The number of carbonyl (C=O) groups is 2. The summed E-state index contributed by atoms with van der Waals surface area (Å²) in [5.74, 6) is -0.299. The van der Waals surface area contributed by atoms with Crippen molar-refractivity contribution in [2.75, 3.05) is 19.5 Å². The van der Waals surface area contributed by atoms with Crippen LogP contribution in [0.3, 0.4) is 0 Å². The first kappa shape index (κ1) is 21.1. The second-order valence-electron chi connectivity index (χ2n) is 7.02. The van der Waals surface area contributed by atoms with E-state index in [0.717, 1.165) is 11.3 Å². The SMILES string of the molecule is COC(=O)C1(c2nnc(NC(=O)c3cnc(C)cc3-c3cc(Cl)ncc3OC)s2)CC1. The highest BCUT2D eigenvalue weighted by atomic mass is 35.5. The molecular formula is C20H18ClN5O4S. The monoisotopic (exact) mass is 459 g/mol. The third kappa shape index (κ3) is 3.96. The van der Waals surface area contributed by atoms with Gasteiger partial charge in [0.15, 0.2) is 0 Å². The molecule has 3 heterocycles. The predicted octanol–water partition coefficient (Wildman–Crippen LogP) is 3.42. The fourth-order valence-electron chi connectivity index (χ4n) is 3.21. The van der Waals surface area contributed by atoms with Crippen molar-refractivity contribution in [1.29, 1.82) is 0 Å². The first-order valence-corrected chi connectivity index (χ1v) is 10.5. The van der Waals surface area contributed by atoms with Crippen molar-refractivity contribution in [3.63, 3.8) is 0 Å². The van der Waals surface area contributed by atoms with E-state index in [-0.39, 0.29) is 16.3 Å². The molecular weight excluding hydrogens is 442 g/mol. The number of halogens is 1. The molecule has 3 aromatic rings. The van der Waals surface area contributed by atoms with Gasteiger partial charge in [-0.3, -0.25) is 19.9 Å². The Hall–Kier alpha value is -3.11. The van der Waals surface area contributed by atoms with Crippen molar-refractivity contribution >= 4 is 39.9 Å². The summed E-state index contributed by atoms with van der Waals surface area (Å²) in [6, 6.07) is 3.40. The highest BCUT2D eigenvalue weighted by Crippen LogP contribution is 2.50. The van der Waals surface area contributed by atoms with E-state index >= 15 is 0 Å². The Morgan fingerprint density at radius 3 is 2.58 bits per heavy atom. The normalized spacial score (nSPS) is 14.1. The van der Waals surface area contributed by atoms with Gasteiger partial charge in [-0.2, -0.15) is 0 Å². The number of nitrogens with zero attached hydrogens (tertiary/aromatic N) is 4. The first-order valence-electron chi connectivity index (χ1n) is 9.28. The average Bonchev–Trinajstić information content (AvgIpc) is 3.45. The molecule has 11 heteroatoms. The van der Waals surface area contributed by atoms with Crippen LogP contribution in [0.15, 0.2) is 24.5 Å². The maximum absolute atomic E-state index is 13.1. The van der Waals surface area contributed by atoms with Crippen LogP contribution in [-0.4, -0.2) is 46.3 Å². The van der Waals surface area contributed by atoms with Gasteiger partial charge in [0.25, 0.3) is 5.91 Å². The van der Waals surface area contributed by atoms with Crippen molar-refractivity contribution in [2.24, 2.45) is 0 Å². The van der Waals surface area contributed by atoms with E-state index < -0.39 is 11.3 Å². The fourth-order valence-corrected chi connectivity index (χ4v) is 4.34. The lowest BCUT2D eigenvalue weighted by Crippen LogP contribution is -2.21. The van der Waals surface area contributed by atoms with Gasteiger partial charge in [-0.15, -0.1) is 10.2 Å². The molecule has 1 fully saturated rings. The molecule has 0 aromatic carbocycles. The second kappa shape index (κ2) is 8.20. The molecule has 9 nitrogen and oxygen atoms in total. The van der Waals surface area contributed by atoms with Gasteiger partial charge in [-0.1, -0.05) is 22.9 Å². The molecule has 1 aliphatic rings. The Kier molecular flexibility index (Phi) is 5.59. The third-order valence-electron chi connectivity index (χ3n) is 5.01. The molecule has 1 amide bonds. The number of hydrogen-bond donors (Lipinski definition) is 1. The van der Waals surface area contributed by atoms with E-state index in [2.05, 4.69) is 25.5 Å². The highest BCUT2D eigenvalue weighted by Gasteiger charge is 2.55. The van der Waals surface area contributed by atoms with Crippen LogP contribution in [0.4, 0.5) is 5.13 Å². The number of rotatable bonds is 6. The lowest BCUT2D eigenvalue weighted by molar-refractivity contribution is -0.143. The van der Waals surface area contributed by atoms with E-state index in [0.29, 0.717) is 46.0 Å². The maximum Gasteiger partial charge on any atom is 0.318 e. The Balaban J connectivity index is 1.65. The van der Waals surface area contributed by atoms with Crippen LogP contribution in [0.25, 0.3) is 11.1 Å². The molecule has 1 aliphatic carbocycles. The number of hydrogen-bond acceptors (Lipinski definition) is 9. The van der Waals surface area contributed by atoms with Gasteiger partial charge in [0.2, 0.25) is 5.13 Å². The Labute approximate surface area is 186 Å². The Bertz CT molecular complexity index is 1180. The van der Waals surface area contributed by atoms with Crippen LogP contribution in [0.2, 0.25) is 5.15 Å². The van der Waals surface area contributed by atoms with E-state index in [1.54, 1.807) is 12.1 Å². The lowest BCUT2D eigenvalue weighted by atomic mass is 10.0. The summed E-state index contributed by atoms with van der Waals surface area (Å²) in [6.45, 7) is 1.82. The number of amides is 1. The van der Waals surface area contributed by atoms with Gasteiger partial charge >= 0.3 is 5.97 Å². The summed E-state index contributed by atoms with van der Waals surface area (Å²) < 4.78 is 10.3. The number of pyridine rings is 2. The number of aromatic nitrogens is 4. The number of anilines is 1. The lowest BCUT2D eigenvalue weighted by Gasteiger charge is -2.13. The number of esters is 1. The van der Waals surface area contributed by atoms with Gasteiger partial charge in [-0.05, 0) is 31.9 Å².